The fourth-order valence-electron chi connectivity index (χ4n) is 4.03. The van der Waals surface area contributed by atoms with E-state index in [1.165, 1.54) is 31.5 Å². The highest BCUT2D eigenvalue weighted by Gasteiger charge is 2.31. The number of nitrogens with two attached hydrogens (primary N) is 1. The summed E-state index contributed by atoms with van der Waals surface area (Å²) in [4.78, 5) is 31.3. The normalized spacial score (nSPS) is 13.4. The van der Waals surface area contributed by atoms with Crippen molar-refractivity contribution in [2.45, 2.75) is 12.5 Å². The second kappa shape index (κ2) is 10.1. The number of pyridine rings is 1. The summed E-state index contributed by atoms with van der Waals surface area (Å²) in [6.45, 7) is 0.554. The van der Waals surface area contributed by atoms with Crippen LogP contribution in [0.5, 0.6) is 17.2 Å². The summed E-state index contributed by atoms with van der Waals surface area (Å²) in [6.07, 6.45) is 1.88. The van der Waals surface area contributed by atoms with Gasteiger partial charge in [0.15, 0.2) is 23.2 Å². The lowest BCUT2D eigenvalue weighted by Gasteiger charge is -2.22. The van der Waals surface area contributed by atoms with Crippen molar-refractivity contribution in [2.75, 3.05) is 31.4 Å². The minimum absolute atomic E-state index is 0.0238. The van der Waals surface area contributed by atoms with E-state index >= 15 is 4.39 Å². The van der Waals surface area contributed by atoms with Crippen molar-refractivity contribution in [2.24, 2.45) is 0 Å². The molecule has 0 saturated heterocycles. The monoisotopic (exact) mass is 522 g/mol. The molecule has 0 aliphatic carbocycles. The number of ether oxygens (including phenoxy) is 3. The maximum Gasteiger partial charge on any atom is 0.349 e. The second-order valence-corrected chi connectivity index (χ2v) is 8.30. The number of nitrogen functional groups attached to an aromatic ring is 1. The summed E-state index contributed by atoms with van der Waals surface area (Å²) in [5.41, 5.74) is 5.88. The molecule has 196 valence electrons. The van der Waals surface area contributed by atoms with E-state index in [1.54, 1.807) is 24.3 Å². The molecule has 1 aliphatic heterocycles. The van der Waals surface area contributed by atoms with Gasteiger partial charge in [-0.2, -0.15) is 4.68 Å². The van der Waals surface area contributed by atoms with Gasteiger partial charge in [-0.1, -0.05) is 0 Å². The molecule has 0 saturated carbocycles. The molecule has 4 aromatic rings. The first-order valence-electron chi connectivity index (χ1n) is 11.5. The predicted molar refractivity (Wildman–Crippen MR) is 134 cm³/mol. The van der Waals surface area contributed by atoms with Gasteiger partial charge in [0.25, 0.3) is 0 Å². The number of hydrogen-bond acceptors (Lipinski definition) is 9. The molecule has 0 bridgehead atoms. The van der Waals surface area contributed by atoms with Crippen molar-refractivity contribution >= 4 is 17.3 Å². The van der Waals surface area contributed by atoms with E-state index in [0.717, 1.165) is 4.68 Å². The molecular weight excluding hydrogens is 499 g/mol. The zero-order valence-corrected chi connectivity index (χ0v) is 20.1. The number of benzene rings is 2. The maximum absolute atomic E-state index is 16.0. The summed E-state index contributed by atoms with van der Waals surface area (Å²) in [5, 5.41) is 17.0. The minimum atomic E-state index is -1.29. The lowest BCUT2D eigenvalue weighted by atomic mass is 10.0. The Balaban J connectivity index is 1.68. The molecule has 1 atom stereocenters. The molecule has 13 heteroatoms. The second-order valence-electron chi connectivity index (χ2n) is 8.30. The number of carbonyl (C=O) groups is 1. The van der Waals surface area contributed by atoms with Crippen LogP contribution in [0.4, 0.5) is 15.8 Å². The third kappa shape index (κ3) is 4.56. The van der Waals surface area contributed by atoms with E-state index in [1.807, 2.05) is 0 Å². The Hall–Kier alpha value is -5.07. The number of nitrogens with zero attached hydrogens (tertiary/aromatic N) is 3. The van der Waals surface area contributed by atoms with Crippen molar-refractivity contribution in [1.29, 1.82) is 0 Å². The van der Waals surface area contributed by atoms with Gasteiger partial charge in [-0.05, 0) is 42.5 Å². The molecule has 2 aromatic heterocycles. The van der Waals surface area contributed by atoms with Crippen molar-refractivity contribution in [3.63, 3.8) is 0 Å². The van der Waals surface area contributed by atoms with Crippen LogP contribution >= 0.6 is 0 Å². The van der Waals surface area contributed by atoms with Gasteiger partial charge in [0, 0.05) is 29.6 Å². The van der Waals surface area contributed by atoms with E-state index in [4.69, 9.17) is 19.9 Å². The van der Waals surface area contributed by atoms with Gasteiger partial charge in [0.1, 0.15) is 11.6 Å². The van der Waals surface area contributed by atoms with Crippen LogP contribution in [0.15, 0.2) is 53.5 Å². The molecule has 12 nitrogen and oxygen atoms in total. The number of carboxylic acids is 1. The molecule has 1 unspecified atom stereocenters. The Morgan fingerprint density at radius 1 is 1.24 bits per heavy atom. The third-order valence-corrected chi connectivity index (χ3v) is 5.83. The van der Waals surface area contributed by atoms with Crippen LogP contribution in [-0.4, -0.2) is 51.1 Å². The highest BCUT2D eigenvalue weighted by Crippen LogP contribution is 2.45. The highest BCUT2D eigenvalue weighted by molar-refractivity contribution is 5.90. The summed E-state index contributed by atoms with van der Waals surface area (Å²) >= 11 is 0. The topological polar surface area (TPSA) is 167 Å². The Bertz CT molecular complexity index is 1550. The Kier molecular flexibility index (Phi) is 6.56. The number of rotatable bonds is 7. The van der Waals surface area contributed by atoms with Crippen LogP contribution in [0.2, 0.25) is 0 Å². The average Bonchev–Trinajstić information content (AvgIpc) is 3.13. The Morgan fingerprint density at radius 3 is 2.68 bits per heavy atom. The van der Waals surface area contributed by atoms with E-state index in [0.29, 0.717) is 24.4 Å². The zero-order chi connectivity index (χ0) is 26.8. The van der Waals surface area contributed by atoms with Gasteiger partial charge < -0.3 is 30.4 Å². The van der Waals surface area contributed by atoms with E-state index in [-0.39, 0.29) is 46.6 Å². The van der Waals surface area contributed by atoms with Crippen molar-refractivity contribution in [1.82, 2.24) is 19.7 Å². The maximum atomic E-state index is 16.0. The van der Waals surface area contributed by atoms with E-state index in [2.05, 4.69) is 20.4 Å². The first-order chi connectivity index (χ1) is 18.4. The fraction of sp³-hybridized carbons (Fsp3) is 0.200. The van der Waals surface area contributed by atoms with Crippen molar-refractivity contribution in [3.05, 3.63) is 81.9 Å². The Morgan fingerprint density at radius 2 is 1.97 bits per heavy atom. The lowest BCUT2D eigenvalue weighted by molar-refractivity contribution is 0.0696. The summed E-state index contributed by atoms with van der Waals surface area (Å²) in [7, 11) is 1.42. The summed E-state index contributed by atoms with van der Waals surface area (Å²) in [5.74, 6) is -2.02. The number of aromatic nitrogens is 4. The molecule has 0 spiro atoms. The van der Waals surface area contributed by atoms with Gasteiger partial charge in [0.05, 0.1) is 20.3 Å². The van der Waals surface area contributed by atoms with Gasteiger partial charge in [-0.15, -0.1) is 5.10 Å². The number of aromatic amines is 1. The standard InChI is InChI=1S/C25H23FN6O6/c1-36-17-12-16(18(26)21-20(17)37-10-3-11-38-21)19(29-14-7-5-13(27)6-8-14)22-30-25(35)32(31-22)23-15(24(33)34)4-2-9-28-23/h2,4-9,12,19,29H,3,10-11,27H2,1H3,(H,33,34)(H,30,31,35). The molecule has 1 aliphatic rings. The van der Waals surface area contributed by atoms with Gasteiger partial charge in [-0.25, -0.2) is 19.0 Å². The lowest BCUT2D eigenvalue weighted by Crippen LogP contribution is -2.20. The first-order valence-corrected chi connectivity index (χ1v) is 11.5. The molecular formula is C25H23FN6O6. The molecule has 2 aromatic carbocycles. The SMILES string of the molecule is COc1cc(C(Nc2ccc(N)cc2)c2nn(-c3ncccc3C(=O)O)c(=O)[nH]2)c(F)c2c1OCCCO2. The van der Waals surface area contributed by atoms with Crippen LogP contribution in [0.1, 0.15) is 34.2 Å². The summed E-state index contributed by atoms with van der Waals surface area (Å²) < 4.78 is 33.6. The third-order valence-electron chi connectivity index (χ3n) is 5.83. The number of fused-ring (bicyclic) bond motifs is 1. The van der Waals surface area contributed by atoms with Crippen molar-refractivity contribution < 1.29 is 28.5 Å². The molecule has 5 N–H and O–H groups in total. The van der Waals surface area contributed by atoms with Gasteiger partial charge in [0.2, 0.25) is 11.5 Å². The average molecular weight is 522 g/mol. The molecule has 0 radical (unpaired) electrons. The van der Waals surface area contributed by atoms with Gasteiger partial charge >= 0.3 is 11.7 Å². The first kappa shape index (κ1) is 24.6. The minimum Gasteiger partial charge on any atom is -0.493 e. The number of nitrogens with one attached hydrogen (secondary N) is 2. The fourth-order valence-corrected chi connectivity index (χ4v) is 4.03. The number of hydrogen-bond donors (Lipinski definition) is 4. The molecule has 3 heterocycles. The Labute approximate surface area is 214 Å². The van der Waals surface area contributed by atoms with Crippen LogP contribution in [-0.2, 0) is 0 Å². The van der Waals surface area contributed by atoms with E-state index < -0.39 is 23.5 Å². The number of halogens is 1. The number of carboxylic acid groups (broad SMARTS) is 1. The number of methoxy groups -OCH3 is 1. The van der Waals surface area contributed by atoms with E-state index in [9.17, 15) is 14.7 Å². The van der Waals surface area contributed by atoms with Crippen LogP contribution in [0.3, 0.4) is 0 Å². The molecule has 5 rings (SSSR count). The molecule has 0 amide bonds. The molecule has 38 heavy (non-hydrogen) atoms. The van der Waals surface area contributed by atoms with Gasteiger partial charge in [-0.3, -0.25) is 4.98 Å². The predicted octanol–water partition coefficient (Wildman–Crippen LogP) is 2.75. The van der Waals surface area contributed by atoms with Crippen molar-refractivity contribution in [3.8, 4) is 23.1 Å². The number of aromatic carboxylic acids is 1. The number of anilines is 2. The smallest absolute Gasteiger partial charge is 0.349 e. The highest BCUT2D eigenvalue weighted by atomic mass is 19.1. The van der Waals surface area contributed by atoms with Crippen LogP contribution in [0, 0.1) is 5.82 Å². The summed E-state index contributed by atoms with van der Waals surface area (Å²) in [6, 6.07) is 9.72. The molecule has 0 fully saturated rings. The van der Waals surface area contributed by atoms with Crippen LogP contribution < -0.4 is 31.0 Å². The number of H-pyrrole nitrogens is 1. The largest absolute Gasteiger partial charge is 0.493 e. The zero-order valence-electron chi connectivity index (χ0n) is 20.1. The van der Waals surface area contributed by atoms with Crippen LogP contribution in [0.25, 0.3) is 5.82 Å². The quantitative estimate of drug-likeness (QED) is 0.265.